The number of rotatable bonds is 4. The van der Waals surface area contributed by atoms with E-state index in [1.165, 1.54) is 0 Å². The maximum atomic E-state index is 12.9. The number of benzene rings is 2. The first-order valence-corrected chi connectivity index (χ1v) is 8.52. The first-order chi connectivity index (χ1) is 13.2. The molecule has 1 N–H and O–H groups in total. The zero-order valence-electron chi connectivity index (χ0n) is 14.3. The predicted octanol–water partition coefficient (Wildman–Crippen LogP) is 3.71. The van der Waals surface area contributed by atoms with E-state index in [9.17, 15) is 9.59 Å². The third kappa shape index (κ3) is 3.48. The fourth-order valence-corrected chi connectivity index (χ4v) is 2.95. The van der Waals surface area contributed by atoms with Gasteiger partial charge in [-0.3, -0.25) is 9.78 Å². The molecule has 132 valence electrons. The van der Waals surface area contributed by atoms with Crippen LogP contribution in [0.3, 0.4) is 0 Å². The molecular weight excluding hydrogens is 340 g/mol. The van der Waals surface area contributed by atoms with Crippen LogP contribution in [0.5, 0.6) is 0 Å². The maximum absolute atomic E-state index is 12.9. The number of para-hydroxylation sites is 1. The minimum atomic E-state index is -0.668. The summed E-state index contributed by atoms with van der Waals surface area (Å²) >= 11 is 0. The number of pyridine rings is 1. The smallest absolute Gasteiger partial charge is 0.349 e. The third-order valence-electron chi connectivity index (χ3n) is 4.28. The topological polar surface area (TPSA) is 72.2 Å². The SMILES string of the molecule is O=C(N[C@H](c1ccccc1)c1ccccn1)c1cc2ccccc2oc1=O. The van der Waals surface area contributed by atoms with Crippen LogP contribution in [0.4, 0.5) is 0 Å². The van der Waals surface area contributed by atoms with Crippen LogP contribution in [-0.2, 0) is 0 Å². The van der Waals surface area contributed by atoms with Gasteiger partial charge < -0.3 is 9.73 Å². The fourth-order valence-electron chi connectivity index (χ4n) is 2.95. The molecule has 0 aliphatic heterocycles. The molecule has 4 aromatic rings. The molecule has 2 aromatic carbocycles. The highest BCUT2D eigenvalue weighted by Crippen LogP contribution is 2.21. The van der Waals surface area contributed by atoms with E-state index in [-0.39, 0.29) is 5.56 Å². The van der Waals surface area contributed by atoms with Crippen molar-refractivity contribution in [3.63, 3.8) is 0 Å². The lowest BCUT2D eigenvalue weighted by Gasteiger charge is -2.18. The summed E-state index contributed by atoms with van der Waals surface area (Å²) in [4.78, 5) is 29.5. The molecule has 0 radical (unpaired) electrons. The molecule has 2 aromatic heterocycles. The highest BCUT2D eigenvalue weighted by molar-refractivity contribution is 5.97. The number of aromatic nitrogens is 1. The number of carbonyl (C=O) groups excluding carboxylic acids is 1. The van der Waals surface area contributed by atoms with Crippen molar-refractivity contribution in [3.05, 3.63) is 112 Å². The van der Waals surface area contributed by atoms with Gasteiger partial charge in [0.1, 0.15) is 11.1 Å². The van der Waals surface area contributed by atoms with Crippen molar-refractivity contribution in [1.29, 1.82) is 0 Å². The number of carbonyl (C=O) groups is 1. The van der Waals surface area contributed by atoms with E-state index in [1.54, 1.807) is 30.5 Å². The Labute approximate surface area is 155 Å². The quantitative estimate of drug-likeness (QED) is 0.566. The van der Waals surface area contributed by atoms with Crippen molar-refractivity contribution in [3.8, 4) is 0 Å². The zero-order chi connectivity index (χ0) is 18.6. The van der Waals surface area contributed by atoms with Crippen molar-refractivity contribution in [2.45, 2.75) is 6.04 Å². The van der Waals surface area contributed by atoms with Gasteiger partial charge in [0.05, 0.1) is 11.7 Å². The molecule has 0 aliphatic rings. The summed E-state index contributed by atoms with van der Waals surface area (Å²) in [6.07, 6.45) is 1.67. The summed E-state index contributed by atoms with van der Waals surface area (Å²) in [5.74, 6) is -0.506. The summed E-state index contributed by atoms with van der Waals surface area (Å²) in [6.45, 7) is 0. The molecule has 0 saturated heterocycles. The van der Waals surface area contributed by atoms with E-state index in [0.29, 0.717) is 16.7 Å². The van der Waals surface area contributed by atoms with E-state index in [1.807, 2.05) is 54.6 Å². The van der Waals surface area contributed by atoms with Gasteiger partial charge in [0, 0.05) is 11.6 Å². The molecule has 0 saturated carbocycles. The van der Waals surface area contributed by atoms with Crippen LogP contribution in [0.15, 0.2) is 94.3 Å². The van der Waals surface area contributed by atoms with Crippen LogP contribution in [-0.4, -0.2) is 10.9 Å². The highest BCUT2D eigenvalue weighted by atomic mass is 16.4. The maximum Gasteiger partial charge on any atom is 0.349 e. The van der Waals surface area contributed by atoms with Crippen molar-refractivity contribution in [2.24, 2.45) is 0 Å². The Bertz CT molecular complexity index is 1100. The van der Waals surface area contributed by atoms with Crippen LogP contribution in [0.25, 0.3) is 11.0 Å². The van der Waals surface area contributed by atoms with Crippen LogP contribution in [0.2, 0.25) is 0 Å². The molecule has 5 heteroatoms. The molecule has 1 amide bonds. The molecule has 27 heavy (non-hydrogen) atoms. The third-order valence-corrected chi connectivity index (χ3v) is 4.28. The Morgan fingerprint density at radius 1 is 0.926 bits per heavy atom. The standard InChI is InChI=1S/C22H16N2O3/c25-21(17-14-16-10-4-5-12-19(16)27-22(17)26)24-20(15-8-2-1-3-9-15)18-11-6-7-13-23-18/h1-14,20H,(H,24,25)/t20-/m1/s1. The van der Waals surface area contributed by atoms with Crippen molar-refractivity contribution >= 4 is 16.9 Å². The van der Waals surface area contributed by atoms with E-state index < -0.39 is 17.6 Å². The number of hydrogen-bond donors (Lipinski definition) is 1. The molecular formula is C22H16N2O3. The second-order valence-electron chi connectivity index (χ2n) is 6.06. The van der Waals surface area contributed by atoms with Gasteiger partial charge in [-0.25, -0.2) is 4.79 Å². The zero-order valence-corrected chi connectivity index (χ0v) is 14.3. The van der Waals surface area contributed by atoms with Crippen molar-refractivity contribution in [1.82, 2.24) is 10.3 Å². The van der Waals surface area contributed by atoms with Gasteiger partial charge in [-0.15, -0.1) is 0 Å². The molecule has 0 spiro atoms. The predicted molar refractivity (Wildman–Crippen MR) is 102 cm³/mol. The van der Waals surface area contributed by atoms with E-state index in [4.69, 9.17) is 4.42 Å². The molecule has 2 heterocycles. The second-order valence-corrected chi connectivity index (χ2v) is 6.06. The summed E-state index contributed by atoms with van der Waals surface area (Å²) in [5.41, 5.74) is 1.30. The fraction of sp³-hybridized carbons (Fsp3) is 0.0455. The van der Waals surface area contributed by atoms with Crippen LogP contribution >= 0.6 is 0 Å². The van der Waals surface area contributed by atoms with Crippen molar-refractivity contribution < 1.29 is 9.21 Å². The van der Waals surface area contributed by atoms with Gasteiger partial charge in [-0.05, 0) is 29.8 Å². The first-order valence-electron chi connectivity index (χ1n) is 8.52. The molecule has 0 aliphatic carbocycles. The summed E-state index contributed by atoms with van der Waals surface area (Å²) in [7, 11) is 0. The Morgan fingerprint density at radius 3 is 2.44 bits per heavy atom. The Balaban J connectivity index is 1.72. The lowest BCUT2D eigenvalue weighted by Crippen LogP contribution is -2.33. The van der Waals surface area contributed by atoms with Crippen LogP contribution in [0.1, 0.15) is 27.7 Å². The van der Waals surface area contributed by atoms with Gasteiger partial charge in [-0.1, -0.05) is 54.6 Å². The Kier molecular flexibility index (Phi) is 4.49. The van der Waals surface area contributed by atoms with Gasteiger partial charge in [0.15, 0.2) is 0 Å². The summed E-state index contributed by atoms with van der Waals surface area (Å²) in [6, 6.07) is 23.2. The second kappa shape index (κ2) is 7.25. The number of nitrogens with one attached hydrogen (secondary N) is 1. The number of hydrogen-bond acceptors (Lipinski definition) is 4. The average Bonchev–Trinajstić information content (AvgIpc) is 2.72. The normalized spacial score (nSPS) is 11.9. The van der Waals surface area contributed by atoms with Crippen LogP contribution in [0, 0.1) is 0 Å². The number of amides is 1. The lowest BCUT2D eigenvalue weighted by molar-refractivity contribution is 0.0938. The van der Waals surface area contributed by atoms with Gasteiger partial charge in [0.2, 0.25) is 0 Å². The minimum absolute atomic E-state index is 0.0365. The molecule has 0 fully saturated rings. The number of nitrogens with zero attached hydrogens (tertiary/aromatic N) is 1. The molecule has 0 unspecified atom stereocenters. The average molecular weight is 356 g/mol. The summed E-state index contributed by atoms with van der Waals surface area (Å²) < 4.78 is 5.27. The largest absolute Gasteiger partial charge is 0.422 e. The van der Waals surface area contributed by atoms with Crippen LogP contribution < -0.4 is 10.9 Å². The molecule has 4 rings (SSSR count). The van der Waals surface area contributed by atoms with E-state index >= 15 is 0 Å². The minimum Gasteiger partial charge on any atom is -0.422 e. The van der Waals surface area contributed by atoms with E-state index in [0.717, 1.165) is 5.56 Å². The highest BCUT2D eigenvalue weighted by Gasteiger charge is 2.21. The van der Waals surface area contributed by atoms with Gasteiger partial charge in [-0.2, -0.15) is 0 Å². The van der Waals surface area contributed by atoms with Gasteiger partial charge >= 0.3 is 5.63 Å². The number of fused-ring (bicyclic) bond motifs is 1. The molecule has 1 atom stereocenters. The summed E-state index contributed by atoms with van der Waals surface area (Å²) in [5, 5.41) is 3.60. The molecule has 0 bridgehead atoms. The first kappa shape index (κ1) is 16.7. The van der Waals surface area contributed by atoms with Gasteiger partial charge in [0.25, 0.3) is 5.91 Å². The Hall–Kier alpha value is -3.73. The molecule has 5 nitrogen and oxygen atoms in total. The lowest BCUT2D eigenvalue weighted by atomic mass is 10.0. The monoisotopic (exact) mass is 356 g/mol. The van der Waals surface area contributed by atoms with E-state index in [2.05, 4.69) is 10.3 Å². The Morgan fingerprint density at radius 2 is 1.67 bits per heavy atom. The van der Waals surface area contributed by atoms with Crippen molar-refractivity contribution in [2.75, 3.05) is 0 Å².